The molecule has 0 fully saturated rings. The standard InChI is InChI=1S/2C15H14.C14H12.C13H10/c1-15(2)13-9-5-3-7-11(13)12-8-4-6-10-14(12)15;1-2-11-12-7-3-5-9-14(12)15-10-6-4-8-13(11)15;1-10-11-6-2-4-8-13(11)14-9-5-3-7-12(10)14;1-3-7-12-10(5-1)9-11-6-2-4-8-13(11)12/h3-10H,1-2H3;3-11H,2H2,1H3;2-10H,1H3;1-8H,9H2. The van der Waals surface area contributed by atoms with Crippen molar-refractivity contribution >= 4 is 0 Å². The van der Waals surface area contributed by atoms with Crippen molar-refractivity contribution < 1.29 is 0 Å². The number of fused-ring (bicyclic) bond motifs is 12. The Kier molecular flexibility index (Phi) is 9.81. The van der Waals surface area contributed by atoms with E-state index in [0.29, 0.717) is 11.8 Å². The van der Waals surface area contributed by atoms with E-state index in [4.69, 9.17) is 0 Å². The Labute approximate surface area is 339 Å². The third-order valence-electron chi connectivity index (χ3n) is 12.7. The van der Waals surface area contributed by atoms with E-state index in [9.17, 15) is 0 Å². The molecule has 0 spiro atoms. The van der Waals surface area contributed by atoms with E-state index in [1.807, 2.05) is 0 Å². The third kappa shape index (κ3) is 6.54. The Bertz CT molecular complexity index is 2530. The van der Waals surface area contributed by atoms with Crippen molar-refractivity contribution in [1.29, 1.82) is 0 Å². The van der Waals surface area contributed by atoms with Crippen LogP contribution in [-0.4, -0.2) is 0 Å². The summed E-state index contributed by atoms with van der Waals surface area (Å²) in [4.78, 5) is 0. The van der Waals surface area contributed by atoms with Crippen molar-refractivity contribution in [2.75, 3.05) is 0 Å². The van der Waals surface area contributed by atoms with Crippen molar-refractivity contribution in [2.24, 2.45) is 0 Å². The van der Waals surface area contributed by atoms with E-state index in [1.165, 1.54) is 95.4 Å². The van der Waals surface area contributed by atoms with E-state index >= 15 is 0 Å². The van der Waals surface area contributed by atoms with Gasteiger partial charge in [-0.05, 0) is 102 Å². The molecule has 0 amide bonds. The summed E-state index contributed by atoms with van der Waals surface area (Å²) in [5, 5.41) is 0. The molecule has 12 rings (SSSR count). The number of benzene rings is 8. The molecule has 8 aromatic carbocycles. The van der Waals surface area contributed by atoms with Gasteiger partial charge in [-0.25, -0.2) is 0 Å². The quantitative estimate of drug-likeness (QED) is 0.158. The summed E-state index contributed by atoms with van der Waals surface area (Å²) in [5.41, 5.74) is 23.2. The first-order valence-corrected chi connectivity index (χ1v) is 20.7. The molecule has 0 N–H and O–H groups in total. The Morgan fingerprint density at radius 1 is 0.368 bits per heavy atom. The summed E-state index contributed by atoms with van der Waals surface area (Å²) < 4.78 is 0. The Hall–Kier alpha value is -6.24. The van der Waals surface area contributed by atoms with Crippen LogP contribution in [0.4, 0.5) is 0 Å². The third-order valence-corrected chi connectivity index (χ3v) is 12.7. The van der Waals surface area contributed by atoms with E-state index in [-0.39, 0.29) is 5.41 Å². The lowest BCUT2D eigenvalue weighted by Gasteiger charge is -2.20. The van der Waals surface area contributed by atoms with Gasteiger partial charge < -0.3 is 0 Å². The van der Waals surface area contributed by atoms with Crippen molar-refractivity contribution in [1.82, 2.24) is 0 Å². The van der Waals surface area contributed by atoms with Crippen LogP contribution in [0.3, 0.4) is 0 Å². The van der Waals surface area contributed by atoms with Crippen LogP contribution >= 0.6 is 0 Å². The predicted molar refractivity (Wildman–Crippen MR) is 242 cm³/mol. The average Bonchev–Trinajstić information content (AvgIpc) is 3.97. The first-order valence-electron chi connectivity index (χ1n) is 20.7. The molecule has 0 saturated heterocycles. The largest absolute Gasteiger partial charge is 0.0645 e. The van der Waals surface area contributed by atoms with Gasteiger partial charge in [-0.1, -0.05) is 222 Å². The van der Waals surface area contributed by atoms with Crippen LogP contribution in [0.15, 0.2) is 194 Å². The molecule has 0 heteroatoms. The van der Waals surface area contributed by atoms with Gasteiger partial charge in [0.15, 0.2) is 0 Å². The molecule has 4 aliphatic rings. The molecule has 0 bridgehead atoms. The van der Waals surface area contributed by atoms with Gasteiger partial charge in [-0.15, -0.1) is 0 Å². The van der Waals surface area contributed by atoms with Crippen LogP contribution in [0.1, 0.15) is 90.5 Å². The highest BCUT2D eigenvalue weighted by molar-refractivity contribution is 5.81. The fraction of sp³-hybridized carbons (Fsp3) is 0.158. The van der Waals surface area contributed by atoms with Crippen molar-refractivity contribution in [3.8, 4) is 44.5 Å². The van der Waals surface area contributed by atoms with E-state index in [2.05, 4.69) is 222 Å². The van der Waals surface area contributed by atoms with Crippen molar-refractivity contribution in [2.45, 2.75) is 57.8 Å². The zero-order valence-electron chi connectivity index (χ0n) is 33.5. The maximum Gasteiger partial charge on any atom is 0.0158 e. The summed E-state index contributed by atoms with van der Waals surface area (Å²) >= 11 is 0. The van der Waals surface area contributed by atoms with Crippen LogP contribution in [-0.2, 0) is 11.8 Å². The minimum atomic E-state index is 0.160. The van der Waals surface area contributed by atoms with Gasteiger partial charge in [0.1, 0.15) is 0 Å². The van der Waals surface area contributed by atoms with Crippen LogP contribution in [0.5, 0.6) is 0 Å². The SMILES string of the molecule is CC1(C)c2ccccc2-c2ccccc21.CC1c2ccccc2-c2ccccc21.CCC1c2ccccc2-c2ccccc21.c1ccc2c(c1)Cc1ccccc1-2. The summed E-state index contributed by atoms with van der Waals surface area (Å²) in [7, 11) is 0. The molecule has 0 heterocycles. The second-order valence-electron chi connectivity index (χ2n) is 16.2. The minimum absolute atomic E-state index is 0.160. The second kappa shape index (κ2) is 15.4. The maximum absolute atomic E-state index is 2.30. The van der Waals surface area contributed by atoms with Gasteiger partial charge in [0.05, 0.1) is 0 Å². The maximum atomic E-state index is 2.30. The monoisotopic (exact) mass is 734 g/mol. The molecular formula is C57H50. The molecule has 8 aromatic rings. The topological polar surface area (TPSA) is 0 Å². The van der Waals surface area contributed by atoms with Crippen molar-refractivity contribution in [3.63, 3.8) is 0 Å². The normalized spacial score (nSPS) is 14.0. The molecule has 57 heavy (non-hydrogen) atoms. The lowest BCUT2D eigenvalue weighted by atomic mass is 9.82. The Morgan fingerprint density at radius 2 is 0.667 bits per heavy atom. The highest BCUT2D eigenvalue weighted by Gasteiger charge is 2.34. The van der Waals surface area contributed by atoms with Crippen LogP contribution in [0, 0.1) is 0 Å². The zero-order chi connectivity index (χ0) is 38.9. The zero-order valence-corrected chi connectivity index (χ0v) is 33.5. The predicted octanol–water partition coefficient (Wildman–Crippen LogP) is 15.3. The molecule has 0 atom stereocenters. The molecule has 4 aliphatic carbocycles. The highest BCUT2D eigenvalue weighted by Crippen LogP contribution is 2.49. The Morgan fingerprint density at radius 3 is 1.07 bits per heavy atom. The summed E-state index contributed by atoms with van der Waals surface area (Å²) in [6, 6.07) is 69.7. The van der Waals surface area contributed by atoms with Gasteiger partial charge in [0.2, 0.25) is 0 Å². The molecule has 0 aromatic heterocycles. The fourth-order valence-corrected chi connectivity index (χ4v) is 9.86. The molecular weight excluding hydrogens is 685 g/mol. The number of hydrogen-bond acceptors (Lipinski definition) is 0. The number of hydrogen-bond donors (Lipinski definition) is 0. The van der Waals surface area contributed by atoms with E-state index < -0.39 is 0 Å². The fourth-order valence-electron chi connectivity index (χ4n) is 9.86. The number of rotatable bonds is 1. The minimum Gasteiger partial charge on any atom is -0.0645 e. The lowest BCUT2D eigenvalue weighted by molar-refractivity contribution is 0.660. The van der Waals surface area contributed by atoms with Crippen LogP contribution in [0.2, 0.25) is 0 Å². The molecule has 0 nitrogen and oxygen atoms in total. The first kappa shape index (κ1) is 36.4. The van der Waals surface area contributed by atoms with Crippen LogP contribution in [0.25, 0.3) is 44.5 Å². The smallest absolute Gasteiger partial charge is 0.0158 e. The van der Waals surface area contributed by atoms with Gasteiger partial charge in [0, 0.05) is 17.3 Å². The van der Waals surface area contributed by atoms with Gasteiger partial charge in [-0.2, -0.15) is 0 Å². The lowest BCUT2D eigenvalue weighted by Crippen LogP contribution is -2.14. The molecule has 0 radical (unpaired) electrons. The van der Waals surface area contributed by atoms with Crippen molar-refractivity contribution in [3.05, 3.63) is 239 Å². The van der Waals surface area contributed by atoms with Gasteiger partial charge >= 0.3 is 0 Å². The summed E-state index contributed by atoms with van der Waals surface area (Å²) in [5.74, 6) is 1.17. The first-order chi connectivity index (χ1) is 28.0. The molecule has 0 aliphatic heterocycles. The summed E-state index contributed by atoms with van der Waals surface area (Å²) in [6.45, 7) is 9.16. The van der Waals surface area contributed by atoms with E-state index in [0.717, 1.165) is 6.42 Å². The average molecular weight is 735 g/mol. The molecule has 0 saturated carbocycles. The molecule has 278 valence electrons. The summed E-state index contributed by atoms with van der Waals surface area (Å²) in [6.07, 6.45) is 2.29. The Balaban J connectivity index is 0.0000000990. The highest BCUT2D eigenvalue weighted by atomic mass is 14.4. The molecule has 0 unspecified atom stereocenters. The van der Waals surface area contributed by atoms with Gasteiger partial charge in [0.25, 0.3) is 0 Å². The van der Waals surface area contributed by atoms with E-state index in [1.54, 1.807) is 0 Å². The van der Waals surface area contributed by atoms with Gasteiger partial charge in [-0.3, -0.25) is 0 Å². The second-order valence-corrected chi connectivity index (χ2v) is 16.2. The van der Waals surface area contributed by atoms with Crippen LogP contribution < -0.4 is 0 Å².